The van der Waals surface area contributed by atoms with Crippen molar-refractivity contribution in [1.29, 1.82) is 0 Å². The van der Waals surface area contributed by atoms with Gasteiger partial charge in [-0.25, -0.2) is 4.79 Å². The molecule has 0 aliphatic heterocycles. The number of pyridine rings is 1. The molecule has 2 aromatic carbocycles. The van der Waals surface area contributed by atoms with Gasteiger partial charge in [0.2, 0.25) is 0 Å². The standard InChI is InChI=1S/C29H18Cl3N3O3/c1-2-19-8-6-17(14-33-19)28-27(21(15-34-28)26-22(31)12-18(30)13-23(26)32)29(38)35-11-10-20-16(7-9-25(36)37)4-3-5-24(20)35/h2-15,34H,1H2,(H,36,37)/b9-7+. The van der Waals surface area contributed by atoms with Gasteiger partial charge in [-0.3, -0.25) is 14.3 Å². The van der Waals surface area contributed by atoms with E-state index in [1.54, 1.807) is 67.1 Å². The Morgan fingerprint density at radius 2 is 1.82 bits per heavy atom. The first-order valence-corrected chi connectivity index (χ1v) is 12.4. The van der Waals surface area contributed by atoms with Crippen LogP contribution in [-0.2, 0) is 4.79 Å². The lowest BCUT2D eigenvalue weighted by atomic mass is 9.99. The summed E-state index contributed by atoms with van der Waals surface area (Å²) in [7, 11) is 0. The number of hydrogen-bond acceptors (Lipinski definition) is 3. The topological polar surface area (TPSA) is 88.0 Å². The average Bonchev–Trinajstić information content (AvgIpc) is 3.52. The first-order chi connectivity index (χ1) is 18.3. The van der Waals surface area contributed by atoms with Crippen molar-refractivity contribution in [2.24, 2.45) is 0 Å². The third-order valence-electron chi connectivity index (χ3n) is 6.05. The van der Waals surface area contributed by atoms with Crippen molar-refractivity contribution in [2.45, 2.75) is 0 Å². The number of rotatable bonds is 6. The summed E-state index contributed by atoms with van der Waals surface area (Å²) in [6.07, 6.45) is 9.16. The summed E-state index contributed by atoms with van der Waals surface area (Å²) in [6.45, 7) is 3.74. The van der Waals surface area contributed by atoms with Gasteiger partial charge in [-0.05, 0) is 54.1 Å². The van der Waals surface area contributed by atoms with Gasteiger partial charge in [-0.2, -0.15) is 0 Å². The second kappa shape index (κ2) is 10.3. The molecule has 38 heavy (non-hydrogen) atoms. The second-order valence-corrected chi connectivity index (χ2v) is 9.57. The number of halogens is 3. The SMILES string of the molecule is C=Cc1ccc(-c2[nH]cc(-c3c(Cl)cc(Cl)cc3Cl)c2C(=O)n2ccc3c(/C=C/C(=O)O)cccc32)cn1. The number of aromatic amines is 1. The summed E-state index contributed by atoms with van der Waals surface area (Å²) >= 11 is 19.3. The lowest BCUT2D eigenvalue weighted by molar-refractivity contribution is -0.131. The Kier molecular flexibility index (Phi) is 6.95. The molecule has 0 aliphatic rings. The molecule has 0 saturated carbocycles. The van der Waals surface area contributed by atoms with Crippen LogP contribution in [0.2, 0.25) is 15.1 Å². The molecule has 3 heterocycles. The molecule has 5 rings (SSSR count). The van der Waals surface area contributed by atoms with Crippen LogP contribution in [0.3, 0.4) is 0 Å². The number of nitrogens with one attached hydrogen (secondary N) is 1. The van der Waals surface area contributed by atoms with Crippen molar-refractivity contribution in [3.8, 4) is 22.4 Å². The number of carboxylic acid groups (broad SMARTS) is 1. The van der Waals surface area contributed by atoms with E-state index in [0.29, 0.717) is 59.8 Å². The van der Waals surface area contributed by atoms with Gasteiger partial charge < -0.3 is 10.1 Å². The van der Waals surface area contributed by atoms with E-state index in [1.807, 2.05) is 6.07 Å². The van der Waals surface area contributed by atoms with E-state index in [0.717, 1.165) is 11.5 Å². The summed E-state index contributed by atoms with van der Waals surface area (Å²) in [6, 6.07) is 13.9. The Balaban J connectivity index is 1.73. The molecule has 5 aromatic rings. The molecule has 6 nitrogen and oxygen atoms in total. The third-order valence-corrected chi connectivity index (χ3v) is 6.86. The van der Waals surface area contributed by atoms with Gasteiger partial charge in [0.25, 0.3) is 5.91 Å². The molecule has 188 valence electrons. The molecule has 0 spiro atoms. The molecule has 0 amide bonds. The van der Waals surface area contributed by atoms with Gasteiger partial charge >= 0.3 is 5.97 Å². The number of carbonyl (C=O) groups excluding carboxylic acids is 1. The molecule has 0 aliphatic carbocycles. The zero-order valence-corrected chi connectivity index (χ0v) is 21.8. The lowest BCUT2D eigenvalue weighted by Gasteiger charge is -2.12. The molecule has 9 heteroatoms. The molecule has 0 radical (unpaired) electrons. The highest BCUT2D eigenvalue weighted by molar-refractivity contribution is 6.42. The predicted molar refractivity (Wildman–Crippen MR) is 153 cm³/mol. The summed E-state index contributed by atoms with van der Waals surface area (Å²) in [4.78, 5) is 32.9. The van der Waals surface area contributed by atoms with Crippen LogP contribution >= 0.6 is 34.8 Å². The van der Waals surface area contributed by atoms with Crippen LogP contribution in [-0.4, -0.2) is 31.5 Å². The maximum absolute atomic E-state index is 14.2. The van der Waals surface area contributed by atoms with Crippen LogP contribution in [0.1, 0.15) is 21.6 Å². The first kappa shape index (κ1) is 25.5. The van der Waals surface area contributed by atoms with E-state index in [9.17, 15) is 9.59 Å². The number of hydrogen-bond donors (Lipinski definition) is 2. The van der Waals surface area contributed by atoms with Crippen molar-refractivity contribution >= 4 is 69.7 Å². The molecule has 0 unspecified atom stereocenters. The van der Waals surface area contributed by atoms with E-state index in [-0.39, 0.29) is 5.91 Å². The van der Waals surface area contributed by atoms with Crippen LogP contribution in [0.5, 0.6) is 0 Å². The van der Waals surface area contributed by atoms with Crippen molar-refractivity contribution in [3.05, 3.63) is 112 Å². The fourth-order valence-electron chi connectivity index (χ4n) is 4.34. The number of nitrogens with zero attached hydrogens (tertiary/aromatic N) is 2. The molecular formula is C29H18Cl3N3O3. The number of H-pyrrole nitrogens is 1. The van der Waals surface area contributed by atoms with E-state index in [1.165, 1.54) is 10.6 Å². The third kappa shape index (κ3) is 4.65. The van der Waals surface area contributed by atoms with Gasteiger partial charge in [0.05, 0.1) is 32.5 Å². The monoisotopic (exact) mass is 561 g/mol. The van der Waals surface area contributed by atoms with Gasteiger partial charge in [0.1, 0.15) is 0 Å². The van der Waals surface area contributed by atoms with E-state index >= 15 is 0 Å². The minimum atomic E-state index is -1.06. The Bertz CT molecular complexity index is 1740. The van der Waals surface area contributed by atoms with E-state index in [4.69, 9.17) is 39.9 Å². The summed E-state index contributed by atoms with van der Waals surface area (Å²) in [5, 5.41) is 10.7. The molecule has 3 aromatic heterocycles. The zero-order valence-electron chi connectivity index (χ0n) is 19.6. The van der Waals surface area contributed by atoms with Crippen molar-refractivity contribution in [2.75, 3.05) is 0 Å². The highest BCUT2D eigenvalue weighted by Gasteiger charge is 2.26. The number of carboxylic acids is 1. The number of benzene rings is 2. The van der Waals surface area contributed by atoms with Crippen molar-refractivity contribution < 1.29 is 14.7 Å². The normalized spacial score (nSPS) is 11.3. The summed E-state index contributed by atoms with van der Waals surface area (Å²) in [5.74, 6) is -1.41. The smallest absolute Gasteiger partial charge is 0.328 e. The second-order valence-electron chi connectivity index (χ2n) is 8.32. The van der Waals surface area contributed by atoms with Crippen LogP contribution in [0.15, 0.2) is 79.8 Å². The molecule has 0 fully saturated rings. The Morgan fingerprint density at radius 1 is 1.05 bits per heavy atom. The molecule has 0 saturated heterocycles. The molecule has 0 atom stereocenters. The Hall–Kier alpha value is -4.10. The minimum absolute atomic E-state index is 0.292. The quantitative estimate of drug-likeness (QED) is 0.205. The van der Waals surface area contributed by atoms with Gasteiger partial charge in [0, 0.05) is 51.8 Å². The van der Waals surface area contributed by atoms with Crippen LogP contribution in [0.4, 0.5) is 0 Å². The van der Waals surface area contributed by atoms with Crippen LogP contribution in [0.25, 0.3) is 45.4 Å². The lowest BCUT2D eigenvalue weighted by Crippen LogP contribution is -2.12. The van der Waals surface area contributed by atoms with Crippen molar-refractivity contribution in [3.63, 3.8) is 0 Å². The fourth-order valence-corrected chi connectivity index (χ4v) is 5.36. The molecule has 0 bridgehead atoms. The van der Waals surface area contributed by atoms with E-state index in [2.05, 4.69) is 16.5 Å². The van der Waals surface area contributed by atoms with Gasteiger partial charge in [-0.1, -0.05) is 53.5 Å². The predicted octanol–water partition coefficient (Wildman–Crippen LogP) is 8.09. The van der Waals surface area contributed by atoms with Gasteiger partial charge in [-0.15, -0.1) is 0 Å². The fraction of sp³-hybridized carbons (Fsp3) is 0. The molecule has 2 N–H and O–H groups in total. The largest absolute Gasteiger partial charge is 0.478 e. The maximum Gasteiger partial charge on any atom is 0.328 e. The number of aliphatic carboxylic acids is 1. The molecular weight excluding hydrogens is 545 g/mol. The summed E-state index contributed by atoms with van der Waals surface area (Å²) < 4.78 is 1.51. The number of carbonyl (C=O) groups is 2. The van der Waals surface area contributed by atoms with Gasteiger partial charge in [0.15, 0.2) is 0 Å². The average molecular weight is 563 g/mol. The van der Waals surface area contributed by atoms with E-state index < -0.39 is 5.97 Å². The maximum atomic E-state index is 14.2. The Morgan fingerprint density at radius 3 is 2.47 bits per heavy atom. The summed E-state index contributed by atoms with van der Waals surface area (Å²) in [5.41, 5.74) is 4.44. The highest BCUT2D eigenvalue weighted by atomic mass is 35.5. The highest BCUT2D eigenvalue weighted by Crippen LogP contribution is 2.42. The first-order valence-electron chi connectivity index (χ1n) is 11.3. The minimum Gasteiger partial charge on any atom is -0.478 e. The van der Waals surface area contributed by atoms with Crippen LogP contribution < -0.4 is 0 Å². The number of fused-ring (bicyclic) bond motifs is 1. The van der Waals surface area contributed by atoms with Crippen molar-refractivity contribution in [1.82, 2.24) is 14.5 Å². The zero-order chi connectivity index (χ0) is 27.0. The van der Waals surface area contributed by atoms with Crippen LogP contribution in [0, 0.1) is 0 Å². The number of aromatic nitrogens is 3. The Labute approximate surface area is 232 Å².